The van der Waals surface area contributed by atoms with Gasteiger partial charge < -0.3 is 20.0 Å². The Kier molecular flexibility index (Phi) is 8.81. The maximum atomic E-state index is 12.7. The van der Waals surface area contributed by atoms with Crippen LogP contribution in [0.2, 0.25) is 0 Å². The molecule has 3 fully saturated rings. The van der Waals surface area contributed by atoms with Gasteiger partial charge >= 0.3 is 5.97 Å². The summed E-state index contributed by atoms with van der Waals surface area (Å²) in [6.07, 6.45) is 11.0. The summed E-state index contributed by atoms with van der Waals surface area (Å²) >= 11 is 0. The number of nitrogens with one attached hydrogen (secondary N) is 1. The van der Waals surface area contributed by atoms with Crippen LogP contribution in [0.4, 0.5) is 0 Å². The van der Waals surface area contributed by atoms with E-state index in [2.05, 4.69) is 30.4 Å². The Labute approximate surface area is 249 Å². The summed E-state index contributed by atoms with van der Waals surface area (Å²) in [4.78, 5) is 43.1. The van der Waals surface area contributed by atoms with Crippen LogP contribution in [0.15, 0.2) is 41.1 Å². The molecule has 8 nitrogen and oxygen atoms in total. The predicted octanol–water partition coefficient (Wildman–Crippen LogP) is 5.52. The van der Waals surface area contributed by atoms with Gasteiger partial charge in [-0.3, -0.25) is 9.59 Å². The van der Waals surface area contributed by atoms with Crippen molar-refractivity contribution in [3.05, 3.63) is 41.5 Å². The van der Waals surface area contributed by atoms with Crippen LogP contribution in [0.1, 0.15) is 84.6 Å². The highest BCUT2D eigenvalue weighted by atomic mass is 16.6. The number of benzene rings is 1. The van der Waals surface area contributed by atoms with E-state index in [-0.39, 0.29) is 42.1 Å². The summed E-state index contributed by atoms with van der Waals surface area (Å²) in [5, 5.41) is 16.6. The molecule has 0 heterocycles. The van der Waals surface area contributed by atoms with Crippen LogP contribution >= 0.6 is 0 Å². The third kappa shape index (κ3) is 5.86. The first-order chi connectivity index (χ1) is 20.0. The van der Waals surface area contributed by atoms with Crippen molar-refractivity contribution in [2.45, 2.75) is 91.5 Å². The number of esters is 1. The molecule has 0 aromatic heterocycles. The molecule has 0 bridgehead atoms. The van der Waals surface area contributed by atoms with Crippen molar-refractivity contribution in [2.75, 3.05) is 13.2 Å². The first kappa shape index (κ1) is 30.3. The second-order valence-electron chi connectivity index (χ2n) is 13.4. The lowest BCUT2D eigenvalue weighted by molar-refractivity contribution is -0.147. The molecule has 0 spiro atoms. The van der Waals surface area contributed by atoms with Crippen LogP contribution in [0.3, 0.4) is 0 Å². The maximum absolute atomic E-state index is 12.7. The molecular weight excluding hydrogens is 532 g/mol. The number of nitrogens with zero attached hydrogens (tertiary/aromatic N) is 1. The van der Waals surface area contributed by atoms with Crippen LogP contribution in [0.5, 0.6) is 5.75 Å². The quantitative estimate of drug-likeness (QED) is 0.295. The monoisotopic (exact) mass is 578 g/mol. The van der Waals surface area contributed by atoms with Crippen molar-refractivity contribution in [3.8, 4) is 5.75 Å². The number of carbonyl (C=O) groups is 3. The summed E-state index contributed by atoms with van der Waals surface area (Å²) in [7, 11) is 0. The number of carbonyl (C=O) groups excluding carboxylic acids is 3. The molecule has 0 radical (unpaired) electrons. The van der Waals surface area contributed by atoms with Crippen molar-refractivity contribution in [1.82, 2.24) is 5.32 Å². The molecule has 1 amide bonds. The summed E-state index contributed by atoms with van der Waals surface area (Å²) in [5.41, 5.74) is 3.40. The molecule has 2 N–H and O–H groups in total. The van der Waals surface area contributed by atoms with Crippen LogP contribution in [-0.2, 0) is 30.4 Å². The maximum Gasteiger partial charge on any atom is 0.328 e. The molecule has 3 saturated carbocycles. The van der Waals surface area contributed by atoms with Crippen LogP contribution in [0.25, 0.3) is 0 Å². The number of oxime groups is 1. The summed E-state index contributed by atoms with van der Waals surface area (Å²) in [6.45, 7) is 8.25. The predicted molar refractivity (Wildman–Crippen MR) is 160 cm³/mol. The Morgan fingerprint density at radius 1 is 1.05 bits per heavy atom. The van der Waals surface area contributed by atoms with Crippen LogP contribution in [0, 0.1) is 34.5 Å². The number of aromatic hydroxyl groups is 1. The Hall–Kier alpha value is -3.16. The Morgan fingerprint density at radius 3 is 2.52 bits per heavy atom. The highest BCUT2D eigenvalue weighted by Gasteiger charge is 2.59. The molecule has 8 heteroatoms. The van der Waals surface area contributed by atoms with E-state index in [1.54, 1.807) is 38.1 Å². The van der Waals surface area contributed by atoms with Gasteiger partial charge in [0.05, 0.1) is 12.3 Å². The number of ketones is 1. The van der Waals surface area contributed by atoms with E-state index in [1.165, 1.54) is 24.8 Å². The number of amides is 1. The largest absolute Gasteiger partial charge is 0.508 e. The van der Waals surface area contributed by atoms with Gasteiger partial charge in [-0.15, -0.1) is 0 Å². The molecule has 4 aliphatic carbocycles. The van der Waals surface area contributed by atoms with Gasteiger partial charge in [-0.1, -0.05) is 36.7 Å². The molecule has 228 valence electrons. The molecule has 0 unspecified atom stereocenters. The van der Waals surface area contributed by atoms with Gasteiger partial charge in [0.25, 0.3) is 5.91 Å². The fraction of sp³-hybridized carbons (Fsp3) is 0.647. The molecular formula is C34H46N2O6. The highest BCUT2D eigenvalue weighted by Crippen LogP contribution is 2.66. The average Bonchev–Trinajstić information content (AvgIpc) is 3.31. The fourth-order valence-electron chi connectivity index (χ4n) is 9.02. The zero-order valence-corrected chi connectivity index (χ0v) is 25.5. The standard InChI is InChI=1S/C34H46N2O6/c1-5-41-32(40)30(18-22-6-9-25(38)10-7-22)35-31(39)20-42-36-24-14-16-33(3)23(19-24)8-11-26-28-13-12-27(21(2)37)34(28,4)17-15-29(26)33/h6-7,9-10,19,26-30,38H,5,8,11-18,20H2,1-4H3,(H,35,39)/t26-,27+,28+,29+,30+,33+,34-/m0/s1. The Bertz CT molecular complexity index is 1250. The number of hydrogen-bond donors (Lipinski definition) is 2. The van der Waals surface area contributed by atoms with Gasteiger partial charge in [0.2, 0.25) is 0 Å². The normalized spacial score (nSPS) is 33.4. The van der Waals surface area contributed by atoms with Crippen molar-refractivity contribution in [1.29, 1.82) is 0 Å². The lowest BCUT2D eigenvalue weighted by atomic mass is 9.46. The number of phenolic OH excluding ortho intramolecular Hbond substituents is 1. The Morgan fingerprint density at radius 2 is 1.81 bits per heavy atom. The van der Waals surface area contributed by atoms with Crippen molar-refractivity contribution >= 4 is 23.4 Å². The SMILES string of the molecule is CCOC(=O)[C@@H](Cc1ccc(O)cc1)NC(=O)CON=C1C=C2CC[C@H]3[C@H]4CC[C@H](C(C)=O)[C@]4(C)CC[C@H]3[C@]2(C)CC1. The number of hydrogen-bond acceptors (Lipinski definition) is 7. The lowest BCUT2D eigenvalue weighted by Gasteiger charge is -2.58. The molecule has 1 aromatic carbocycles. The number of rotatable bonds is 9. The first-order valence-electron chi connectivity index (χ1n) is 15.7. The second kappa shape index (κ2) is 12.2. The third-order valence-electron chi connectivity index (χ3n) is 11.1. The van der Waals surface area contributed by atoms with Gasteiger partial charge in [-0.2, -0.15) is 0 Å². The molecule has 5 rings (SSSR count). The van der Waals surface area contributed by atoms with Crippen molar-refractivity contribution < 1.29 is 29.1 Å². The lowest BCUT2D eigenvalue weighted by Crippen LogP contribution is -2.51. The molecule has 0 aliphatic heterocycles. The number of fused-ring (bicyclic) bond motifs is 5. The minimum absolute atomic E-state index is 0.132. The average molecular weight is 579 g/mol. The van der Waals surface area contributed by atoms with E-state index in [4.69, 9.17) is 9.57 Å². The van der Waals surface area contributed by atoms with E-state index in [0.29, 0.717) is 23.5 Å². The van der Waals surface area contributed by atoms with Gasteiger partial charge in [0.1, 0.15) is 17.6 Å². The van der Waals surface area contributed by atoms with Gasteiger partial charge in [-0.05, 0) is 118 Å². The molecule has 7 atom stereocenters. The topological polar surface area (TPSA) is 114 Å². The summed E-state index contributed by atoms with van der Waals surface area (Å²) in [6, 6.07) is 5.62. The first-order valence-corrected chi connectivity index (χ1v) is 15.7. The highest BCUT2D eigenvalue weighted by molar-refractivity contribution is 5.96. The fourth-order valence-corrected chi connectivity index (χ4v) is 9.02. The third-order valence-corrected chi connectivity index (χ3v) is 11.1. The number of phenols is 1. The van der Waals surface area contributed by atoms with Crippen LogP contribution in [-0.4, -0.2) is 47.7 Å². The van der Waals surface area contributed by atoms with E-state index in [0.717, 1.165) is 43.4 Å². The number of Topliss-reactive ketones (excluding diaryl/α,β-unsaturated/α-hetero) is 1. The molecule has 42 heavy (non-hydrogen) atoms. The van der Waals surface area contributed by atoms with Gasteiger partial charge in [-0.25, -0.2) is 4.79 Å². The summed E-state index contributed by atoms with van der Waals surface area (Å²) < 4.78 is 5.15. The van der Waals surface area contributed by atoms with Crippen molar-refractivity contribution in [3.63, 3.8) is 0 Å². The van der Waals surface area contributed by atoms with Crippen LogP contribution < -0.4 is 5.32 Å². The second-order valence-corrected chi connectivity index (χ2v) is 13.4. The molecule has 0 saturated heterocycles. The van der Waals surface area contributed by atoms with Gasteiger partial charge in [0.15, 0.2) is 6.61 Å². The smallest absolute Gasteiger partial charge is 0.328 e. The molecule has 1 aromatic rings. The minimum Gasteiger partial charge on any atom is -0.508 e. The summed E-state index contributed by atoms with van der Waals surface area (Å²) in [5.74, 6) is 1.74. The minimum atomic E-state index is -0.867. The van der Waals surface area contributed by atoms with Gasteiger partial charge in [0, 0.05) is 12.3 Å². The van der Waals surface area contributed by atoms with Crippen molar-refractivity contribution in [2.24, 2.45) is 39.7 Å². The Balaban J connectivity index is 1.19. The zero-order chi connectivity index (χ0) is 30.1. The van der Waals surface area contributed by atoms with E-state index < -0.39 is 17.9 Å². The number of ether oxygens (including phenoxy) is 1. The zero-order valence-electron chi connectivity index (χ0n) is 25.5. The number of allylic oxidation sites excluding steroid dienone is 2. The van der Waals surface area contributed by atoms with E-state index in [9.17, 15) is 19.5 Å². The van der Waals surface area contributed by atoms with E-state index >= 15 is 0 Å². The van der Waals surface area contributed by atoms with E-state index in [1.807, 2.05) is 0 Å². The molecule has 4 aliphatic rings.